The fourth-order valence-corrected chi connectivity index (χ4v) is 5.13. The number of rotatable bonds is 6. The first kappa shape index (κ1) is 24.2. The molecule has 1 fully saturated rings. The number of ketones is 1. The Kier molecular flexibility index (Phi) is 6.60. The van der Waals surface area contributed by atoms with E-state index in [1.165, 1.54) is 4.90 Å². The van der Waals surface area contributed by atoms with Gasteiger partial charge in [-0.05, 0) is 53.9 Å². The topological polar surface area (TPSA) is 82.6 Å². The number of fused-ring (bicyclic) bond motifs is 1. The second-order valence-corrected chi connectivity index (χ2v) is 9.82. The zero-order valence-corrected chi connectivity index (χ0v) is 21.6. The highest BCUT2D eigenvalue weighted by Crippen LogP contribution is 2.42. The Hall–Kier alpha value is -3.55. The van der Waals surface area contributed by atoms with E-state index in [9.17, 15) is 14.7 Å². The van der Waals surface area contributed by atoms with E-state index < -0.39 is 17.7 Å². The number of benzene rings is 3. The van der Waals surface area contributed by atoms with E-state index in [2.05, 4.69) is 20.9 Å². The largest absolute Gasteiger partial charge is 0.507 e. The average Bonchev–Trinajstić information content (AvgIpc) is 3.40. The predicted molar refractivity (Wildman–Crippen MR) is 143 cm³/mol. The van der Waals surface area contributed by atoms with Crippen molar-refractivity contribution in [2.45, 2.75) is 12.5 Å². The molecule has 1 aliphatic rings. The maximum absolute atomic E-state index is 13.3. The molecule has 2 N–H and O–H groups in total. The van der Waals surface area contributed by atoms with Gasteiger partial charge in [-0.15, -0.1) is 0 Å². The summed E-state index contributed by atoms with van der Waals surface area (Å²) in [5.74, 6) is -0.906. The number of aliphatic hydroxyl groups excluding tert-OH is 1. The van der Waals surface area contributed by atoms with Gasteiger partial charge in [0.25, 0.3) is 11.7 Å². The van der Waals surface area contributed by atoms with Crippen molar-refractivity contribution in [3.05, 3.63) is 105 Å². The van der Waals surface area contributed by atoms with Crippen molar-refractivity contribution in [3.63, 3.8) is 0 Å². The fraction of sp³-hybridized carbons (Fsp3) is 0.143. The highest BCUT2D eigenvalue weighted by Gasteiger charge is 2.46. The molecule has 0 bridgehead atoms. The summed E-state index contributed by atoms with van der Waals surface area (Å²) in [5, 5.41) is 12.6. The summed E-state index contributed by atoms with van der Waals surface area (Å²) >= 11 is 9.91. The van der Waals surface area contributed by atoms with E-state index in [0.29, 0.717) is 22.6 Å². The molecule has 2 heterocycles. The van der Waals surface area contributed by atoms with Crippen LogP contribution < -0.4 is 4.74 Å². The Bertz CT molecular complexity index is 1510. The third-order valence-electron chi connectivity index (χ3n) is 6.45. The molecule has 1 saturated heterocycles. The number of aromatic amines is 1. The van der Waals surface area contributed by atoms with Crippen LogP contribution in [0.4, 0.5) is 0 Å². The second-order valence-electron chi connectivity index (χ2n) is 8.50. The molecule has 4 aromatic rings. The summed E-state index contributed by atoms with van der Waals surface area (Å²) in [7, 11) is 1.61. The lowest BCUT2D eigenvalue weighted by atomic mass is 9.95. The third-order valence-corrected chi connectivity index (χ3v) is 7.33. The van der Waals surface area contributed by atoms with Crippen molar-refractivity contribution in [2.75, 3.05) is 13.7 Å². The minimum atomic E-state index is -0.818. The fourth-order valence-electron chi connectivity index (χ4n) is 4.63. The number of Topliss-reactive ketones (excluding diaryl/α,β-unsaturated/α-hetero) is 1. The van der Waals surface area contributed by atoms with Crippen molar-refractivity contribution in [2.24, 2.45) is 0 Å². The summed E-state index contributed by atoms with van der Waals surface area (Å²) in [4.78, 5) is 31.3. The van der Waals surface area contributed by atoms with Crippen LogP contribution in [-0.2, 0) is 16.0 Å². The SMILES string of the molecule is COc1ccc2[nH]cc(CCN3C(=O)C(=O)/C(=C(\O)c4ccc(Br)cc4)C3c3ccccc3Cl)c2c1. The molecule has 0 spiro atoms. The van der Waals surface area contributed by atoms with Crippen LogP contribution in [0.5, 0.6) is 5.75 Å². The molecule has 182 valence electrons. The Morgan fingerprint density at radius 2 is 1.86 bits per heavy atom. The van der Waals surface area contributed by atoms with Crippen LogP contribution in [0.3, 0.4) is 0 Å². The number of aliphatic hydroxyl groups is 1. The Morgan fingerprint density at radius 1 is 1.11 bits per heavy atom. The molecule has 8 heteroatoms. The number of amides is 1. The van der Waals surface area contributed by atoms with Crippen molar-refractivity contribution in [3.8, 4) is 5.75 Å². The maximum atomic E-state index is 13.3. The lowest BCUT2D eigenvalue weighted by Gasteiger charge is -2.26. The normalized spacial score (nSPS) is 17.2. The van der Waals surface area contributed by atoms with E-state index in [-0.39, 0.29) is 17.9 Å². The van der Waals surface area contributed by atoms with Crippen molar-refractivity contribution < 1.29 is 19.4 Å². The van der Waals surface area contributed by atoms with Crippen molar-refractivity contribution in [1.29, 1.82) is 0 Å². The summed E-state index contributed by atoms with van der Waals surface area (Å²) in [6.45, 7) is 0.252. The number of carbonyl (C=O) groups excluding carboxylic acids is 2. The first-order chi connectivity index (χ1) is 17.4. The lowest BCUT2D eigenvalue weighted by Crippen LogP contribution is -2.31. The van der Waals surface area contributed by atoms with Crippen LogP contribution in [0, 0.1) is 0 Å². The van der Waals surface area contributed by atoms with E-state index in [1.54, 1.807) is 55.6 Å². The van der Waals surface area contributed by atoms with Crippen LogP contribution in [0.1, 0.15) is 22.7 Å². The highest BCUT2D eigenvalue weighted by molar-refractivity contribution is 9.10. The van der Waals surface area contributed by atoms with E-state index in [4.69, 9.17) is 16.3 Å². The predicted octanol–water partition coefficient (Wildman–Crippen LogP) is 6.26. The summed E-state index contributed by atoms with van der Waals surface area (Å²) in [6, 6.07) is 18.9. The van der Waals surface area contributed by atoms with E-state index in [0.717, 1.165) is 26.7 Å². The average molecular weight is 566 g/mol. The molecule has 1 amide bonds. The van der Waals surface area contributed by atoms with Gasteiger partial charge >= 0.3 is 0 Å². The van der Waals surface area contributed by atoms with Gasteiger partial charge in [0.1, 0.15) is 11.5 Å². The van der Waals surface area contributed by atoms with Gasteiger partial charge in [-0.2, -0.15) is 0 Å². The van der Waals surface area contributed by atoms with E-state index in [1.807, 2.05) is 24.4 Å². The van der Waals surface area contributed by atoms with Gasteiger partial charge in [-0.25, -0.2) is 0 Å². The van der Waals surface area contributed by atoms with Crippen LogP contribution in [0.15, 0.2) is 83.0 Å². The minimum absolute atomic E-state index is 0.0241. The number of H-pyrrole nitrogens is 1. The number of aromatic nitrogens is 1. The van der Waals surface area contributed by atoms with E-state index >= 15 is 0 Å². The number of halogens is 2. The molecular weight excluding hydrogens is 544 g/mol. The number of nitrogens with one attached hydrogen (secondary N) is 1. The molecule has 1 unspecified atom stereocenters. The van der Waals surface area contributed by atoms with Gasteiger partial charge in [0.2, 0.25) is 0 Å². The number of hydrogen-bond donors (Lipinski definition) is 2. The summed E-state index contributed by atoms with van der Waals surface area (Å²) in [6.07, 6.45) is 2.38. The Morgan fingerprint density at radius 3 is 2.58 bits per heavy atom. The summed E-state index contributed by atoms with van der Waals surface area (Å²) < 4.78 is 6.19. The molecule has 0 radical (unpaired) electrons. The maximum Gasteiger partial charge on any atom is 0.295 e. The number of ether oxygens (including phenoxy) is 1. The monoisotopic (exact) mass is 564 g/mol. The molecule has 5 rings (SSSR count). The van der Waals surface area contributed by atoms with Gasteiger partial charge in [-0.3, -0.25) is 9.59 Å². The standard InChI is InChI=1S/C28H22BrClN2O4/c1-36-19-10-11-23-21(14-19)17(15-31-23)12-13-32-25(20-4-2-3-5-22(20)30)24(27(34)28(32)35)26(33)16-6-8-18(29)9-7-16/h2-11,14-15,25,31,33H,12-13H2,1H3/b26-24-. The first-order valence-corrected chi connectivity index (χ1v) is 12.5. The number of methoxy groups -OCH3 is 1. The van der Waals surface area contributed by atoms with Crippen LogP contribution >= 0.6 is 27.5 Å². The van der Waals surface area contributed by atoms with Crippen molar-refractivity contribution in [1.82, 2.24) is 9.88 Å². The highest BCUT2D eigenvalue weighted by atomic mass is 79.9. The van der Waals surface area contributed by atoms with Crippen LogP contribution in [0.2, 0.25) is 5.02 Å². The quantitative estimate of drug-likeness (QED) is 0.164. The molecule has 1 aromatic heterocycles. The molecular formula is C28H22BrClN2O4. The van der Waals surface area contributed by atoms with Crippen molar-refractivity contribution >= 4 is 55.9 Å². The van der Waals surface area contributed by atoms with Gasteiger partial charge < -0.3 is 19.7 Å². The summed E-state index contributed by atoms with van der Waals surface area (Å²) in [5.41, 5.74) is 2.98. The second kappa shape index (κ2) is 9.84. The zero-order chi connectivity index (χ0) is 25.4. The van der Waals surface area contributed by atoms with Gasteiger partial charge in [0.15, 0.2) is 0 Å². The first-order valence-electron chi connectivity index (χ1n) is 11.3. The number of hydrogen-bond acceptors (Lipinski definition) is 4. The zero-order valence-electron chi connectivity index (χ0n) is 19.3. The van der Waals surface area contributed by atoms with Crippen LogP contribution in [0.25, 0.3) is 16.7 Å². The minimum Gasteiger partial charge on any atom is -0.507 e. The molecule has 3 aromatic carbocycles. The number of nitrogens with zero attached hydrogens (tertiary/aromatic N) is 1. The molecule has 0 saturated carbocycles. The lowest BCUT2D eigenvalue weighted by molar-refractivity contribution is -0.139. The number of likely N-dealkylation sites (tertiary alicyclic amines) is 1. The molecule has 1 atom stereocenters. The molecule has 1 aliphatic heterocycles. The third kappa shape index (κ3) is 4.29. The number of carbonyl (C=O) groups is 2. The Balaban J connectivity index is 1.56. The smallest absolute Gasteiger partial charge is 0.295 e. The molecule has 6 nitrogen and oxygen atoms in total. The Labute approximate surface area is 221 Å². The molecule has 36 heavy (non-hydrogen) atoms. The van der Waals surface area contributed by atoms with Gasteiger partial charge in [0.05, 0.1) is 18.7 Å². The van der Waals surface area contributed by atoms with Gasteiger partial charge in [0, 0.05) is 38.7 Å². The van der Waals surface area contributed by atoms with Gasteiger partial charge in [-0.1, -0.05) is 57.9 Å². The van der Waals surface area contributed by atoms with Crippen LogP contribution in [-0.4, -0.2) is 40.3 Å². The molecule has 0 aliphatic carbocycles.